The van der Waals surface area contributed by atoms with Gasteiger partial charge < -0.3 is 4.74 Å². The highest BCUT2D eigenvalue weighted by Crippen LogP contribution is 2.19. The van der Waals surface area contributed by atoms with Gasteiger partial charge in [-0.25, -0.2) is 0 Å². The largest absolute Gasteiger partial charge is 0.497 e. The first-order valence-corrected chi connectivity index (χ1v) is 3.91. The molecule has 1 heterocycles. The van der Waals surface area contributed by atoms with Gasteiger partial charge in [-0.3, -0.25) is 0 Å². The average Bonchev–Trinajstić information content (AvgIpc) is 2.71. The van der Waals surface area contributed by atoms with Gasteiger partial charge in [-0.15, -0.1) is 0 Å². The van der Waals surface area contributed by atoms with E-state index in [9.17, 15) is 0 Å². The minimum absolute atomic E-state index is 0.836. The summed E-state index contributed by atoms with van der Waals surface area (Å²) < 4.78 is 5.04. The molecule has 0 fully saturated rings. The quantitative estimate of drug-likeness (QED) is 0.736. The van der Waals surface area contributed by atoms with E-state index in [2.05, 4.69) is 15.8 Å². The maximum atomic E-state index is 5.04. The Bertz CT molecular complexity index is 354. The first-order valence-electron chi connectivity index (χ1n) is 3.91. The zero-order valence-electron chi connectivity index (χ0n) is 7.19. The fraction of sp³-hybridized carbons (Fsp3) is 0.111. The van der Waals surface area contributed by atoms with Gasteiger partial charge in [0.05, 0.1) is 7.11 Å². The van der Waals surface area contributed by atoms with Crippen LogP contribution >= 0.6 is 0 Å². The molecule has 13 heavy (non-hydrogen) atoms. The van der Waals surface area contributed by atoms with E-state index in [1.54, 1.807) is 13.3 Å². The van der Waals surface area contributed by atoms with Crippen molar-refractivity contribution in [2.45, 2.75) is 0 Å². The number of hydrogen-bond acceptors (Lipinski definition) is 4. The van der Waals surface area contributed by atoms with Gasteiger partial charge >= 0.3 is 5.22 Å². The van der Waals surface area contributed by atoms with Crippen LogP contribution in [0.3, 0.4) is 0 Å². The highest BCUT2D eigenvalue weighted by Gasteiger charge is 2.12. The molecule has 1 aliphatic rings. The van der Waals surface area contributed by atoms with Crippen molar-refractivity contribution < 1.29 is 4.74 Å². The summed E-state index contributed by atoms with van der Waals surface area (Å²) in [7, 11) is 1.64. The number of nitrogens with one attached hydrogen (secondary N) is 1. The molecule has 0 saturated carbocycles. The molecule has 2 rings (SSSR count). The number of methoxy groups -OCH3 is 1. The lowest BCUT2D eigenvalue weighted by molar-refractivity contribution is 0.415. The Balaban J connectivity index is 2.27. The van der Waals surface area contributed by atoms with Crippen LogP contribution in [-0.4, -0.2) is 7.11 Å². The van der Waals surface area contributed by atoms with Gasteiger partial charge in [-0.1, -0.05) is 5.43 Å². The Labute approximate surface area is 75.9 Å². The second kappa shape index (κ2) is 3.26. The summed E-state index contributed by atoms with van der Waals surface area (Å²) in [5, 5.41) is 7.53. The second-order valence-electron chi connectivity index (χ2n) is 2.59. The minimum Gasteiger partial charge on any atom is -0.497 e. The molecule has 0 aromatic heterocycles. The van der Waals surface area contributed by atoms with E-state index in [0.29, 0.717) is 0 Å². The van der Waals surface area contributed by atoms with E-state index in [1.165, 1.54) is 0 Å². The van der Waals surface area contributed by atoms with E-state index in [1.807, 2.05) is 24.3 Å². The van der Waals surface area contributed by atoms with Gasteiger partial charge in [-0.2, -0.15) is 0 Å². The number of nitrogens with zero attached hydrogens (tertiary/aromatic N) is 2. The van der Waals surface area contributed by atoms with Gasteiger partial charge in [0.1, 0.15) is 17.1 Å². The molecule has 4 heteroatoms. The molecule has 0 saturated heterocycles. The van der Waals surface area contributed by atoms with Crippen LogP contribution in [-0.2, 0) is 0 Å². The third kappa shape index (κ3) is 1.51. The van der Waals surface area contributed by atoms with Gasteiger partial charge in [-0.05, 0) is 24.3 Å². The van der Waals surface area contributed by atoms with Gasteiger partial charge in [0.2, 0.25) is 0 Å². The summed E-state index contributed by atoms with van der Waals surface area (Å²) in [4.78, 5) is 0. The van der Waals surface area contributed by atoms with Crippen LogP contribution in [0.25, 0.3) is 5.70 Å². The third-order valence-corrected chi connectivity index (χ3v) is 1.80. The number of rotatable bonds is 2. The molecule has 1 aliphatic heterocycles. The topological polar surface area (TPSA) is 47.7 Å². The summed E-state index contributed by atoms with van der Waals surface area (Å²) in [6.07, 6.45) is 1.75. The van der Waals surface area contributed by atoms with Crippen molar-refractivity contribution in [2.75, 3.05) is 7.11 Å². The van der Waals surface area contributed by atoms with Crippen LogP contribution in [0.4, 0.5) is 0 Å². The van der Waals surface area contributed by atoms with Crippen molar-refractivity contribution in [1.82, 2.24) is 10.6 Å². The Morgan fingerprint density at radius 3 is 2.62 bits per heavy atom. The molecule has 0 unspecified atom stereocenters. The molecular formula is C9H9N3O+. The van der Waals surface area contributed by atoms with Crippen LogP contribution in [0.1, 0.15) is 5.56 Å². The molecule has 1 N–H and O–H groups in total. The Hall–Kier alpha value is -1.84. The van der Waals surface area contributed by atoms with E-state index in [4.69, 9.17) is 4.74 Å². The molecule has 0 bridgehead atoms. The molecule has 1 aromatic rings. The Morgan fingerprint density at radius 1 is 1.31 bits per heavy atom. The van der Waals surface area contributed by atoms with E-state index >= 15 is 0 Å². The van der Waals surface area contributed by atoms with Crippen LogP contribution in [0, 0.1) is 0 Å². The third-order valence-electron chi connectivity index (χ3n) is 1.80. The molecule has 0 aliphatic carbocycles. The highest BCUT2D eigenvalue weighted by atomic mass is 16.5. The predicted molar refractivity (Wildman–Crippen MR) is 48.7 cm³/mol. The van der Waals surface area contributed by atoms with E-state index < -0.39 is 0 Å². The molecular weight excluding hydrogens is 166 g/mol. The lowest BCUT2D eigenvalue weighted by Gasteiger charge is -1.98. The summed E-state index contributed by atoms with van der Waals surface area (Å²) in [5.41, 5.74) is 4.52. The Kier molecular flexibility index (Phi) is 1.96. The van der Waals surface area contributed by atoms with Gasteiger partial charge in [0, 0.05) is 5.56 Å². The highest BCUT2D eigenvalue weighted by molar-refractivity contribution is 5.64. The first-order chi connectivity index (χ1) is 6.40. The molecule has 65 valence electrons. The zero-order chi connectivity index (χ0) is 9.10. The molecule has 1 aromatic carbocycles. The average molecular weight is 175 g/mol. The van der Waals surface area contributed by atoms with Crippen LogP contribution < -0.4 is 15.4 Å². The van der Waals surface area contributed by atoms with Crippen molar-refractivity contribution in [3.63, 3.8) is 0 Å². The lowest BCUT2D eigenvalue weighted by atomic mass is 10.2. The normalized spacial score (nSPS) is 13.8. The number of hydrogen-bond donors (Lipinski definition) is 1. The summed E-state index contributed by atoms with van der Waals surface area (Å²) >= 11 is 0. The SMILES string of the molecule is COc1ccc(C2=CN[N+]=N2)cc1. The van der Waals surface area contributed by atoms with Crippen LogP contribution in [0.2, 0.25) is 0 Å². The molecule has 0 atom stereocenters. The Morgan fingerprint density at radius 2 is 2.08 bits per heavy atom. The molecule has 0 amide bonds. The number of ether oxygens (including phenoxy) is 1. The fourth-order valence-electron chi connectivity index (χ4n) is 1.10. The van der Waals surface area contributed by atoms with Crippen LogP contribution in [0.15, 0.2) is 35.6 Å². The summed E-state index contributed by atoms with van der Waals surface area (Å²) in [5.74, 6) is 0.840. The summed E-state index contributed by atoms with van der Waals surface area (Å²) in [6.45, 7) is 0. The monoisotopic (exact) mass is 175 g/mol. The predicted octanol–water partition coefficient (Wildman–Crippen LogP) is 1.30. The number of benzene rings is 1. The van der Waals surface area contributed by atoms with Crippen molar-refractivity contribution in [3.05, 3.63) is 36.0 Å². The lowest BCUT2D eigenvalue weighted by Crippen LogP contribution is -1.98. The molecule has 4 nitrogen and oxygen atoms in total. The van der Waals surface area contributed by atoms with E-state index in [0.717, 1.165) is 17.0 Å². The zero-order valence-corrected chi connectivity index (χ0v) is 7.19. The fourth-order valence-corrected chi connectivity index (χ4v) is 1.10. The smallest absolute Gasteiger partial charge is 0.330 e. The van der Waals surface area contributed by atoms with Gasteiger partial charge in [0.15, 0.2) is 5.70 Å². The molecule has 0 spiro atoms. The first kappa shape index (κ1) is 7.79. The maximum Gasteiger partial charge on any atom is 0.330 e. The van der Waals surface area contributed by atoms with E-state index in [-0.39, 0.29) is 0 Å². The van der Waals surface area contributed by atoms with Crippen LogP contribution in [0.5, 0.6) is 5.75 Å². The minimum atomic E-state index is 0.836. The van der Waals surface area contributed by atoms with Crippen molar-refractivity contribution in [1.29, 1.82) is 0 Å². The second-order valence-corrected chi connectivity index (χ2v) is 2.59. The van der Waals surface area contributed by atoms with Gasteiger partial charge in [0.25, 0.3) is 0 Å². The van der Waals surface area contributed by atoms with Crippen molar-refractivity contribution >= 4 is 5.70 Å². The van der Waals surface area contributed by atoms with Crippen molar-refractivity contribution in [2.24, 2.45) is 5.11 Å². The summed E-state index contributed by atoms with van der Waals surface area (Å²) in [6, 6.07) is 7.67. The molecule has 1 radical (unpaired) electrons. The van der Waals surface area contributed by atoms with Crippen molar-refractivity contribution in [3.8, 4) is 5.75 Å². The standard InChI is InChI=1S/C9H9N3O/c1-13-8-4-2-7(3-5-8)9-6-10-12-11-9/h2-6H,1H3,(H,10,11)/q+1. The maximum absolute atomic E-state index is 5.04.